The summed E-state index contributed by atoms with van der Waals surface area (Å²) in [5.74, 6) is -2.06. The molecule has 0 spiro atoms. The second-order valence-corrected chi connectivity index (χ2v) is 13.4. The summed E-state index contributed by atoms with van der Waals surface area (Å²) in [4.78, 5) is 39.5. The fourth-order valence-corrected chi connectivity index (χ4v) is 5.74. The SMILES string of the molecule is C=CCOC(=O)[C@@H](NC(=O)[C@@H](NC(=O)[C@H]1O[C@@H]1[C@@H](C)[C@H](O)CCCCCCCCCCCCC)C(C)C)[C@@H](C)OCc1ccccc1. The number of esters is 1. The van der Waals surface area contributed by atoms with Crippen LogP contribution in [0.1, 0.15) is 117 Å². The van der Waals surface area contributed by atoms with Crippen molar-refractivity contribution in [1.82, 2.24) is 10.6 Å². The number of epoxide rings is 1. The number of benzene rings is 1. The van der Waals surface area contributed by atoms with Crippen LogP contribution in [-0.4, -0.2) is 66.0 Å². The van der Waals surface area contributed by atoms with Crippen molar-refractivity contribution in [2.45, 2.75) is 155 Å². The number of rotatable bonds is 26. The maximum absolute atomic E-state index is 13.4. The third kappa shape index (κ3) is 15.3. The van der Waals surface area contributed by atoms with Gasteiger partial charge in [0.25, 0.3) is 5.91 Å². The molecule has 0 saturated carbocycles. The summed E-state index contributed by atoms with van der Waals surface area (Å²) in [6.45, 7) is 13.3. The molecule has 2 rings (SSSR count). The van der Waals surface area contributed by atoms with E-state index < -0.39 is 54.3 Å². The number of carbonyl (C=O) groups excluding carboxylic acids is 3. The number of unbranched alkanes of at least 4 members (excludes halogenated alkanes) is 10. The molecule has 0 radical (unpaired) electrons. The van der Waals surface area contributed by atoms with Gasteiger partial charge in [-0.15, -0.1) is 0 Å². The first kappa shape index (κ1) is 40.4. The molecule has 9 nitrogen and oxygen atoms in total. The molecular formula is C38H62N2O7. The van der Waals surface area contributed by atoms with E-state index >= 15 is 0 Å². The van der Waals surface area contributed by atoms with Crippen LogP contribution >= 0.6 is 0 Å². The highest BCUT2D eigenvalue weighted by molar-refractivity contribution is 5.93. The van der Waals surface area contributed by atoms with Crippen LogP contribution in [-0.2, 0) is 35.2 Å². The van der Waals surface area contributed by atoms with E-state index in [-0.39, 0.29) is 25.0 Å². The highest BCUT2D eigenvalue weighted by Crippen LogP contribution is 2.33. The van der Waals surface area contributed by atoms with Crippen molar-refractivity contribution in [3.8, 4) is 0 Å². The van der Waals surface area contributed by atoms with Crippen LogP contribution in [0.5, 0.6) is 0 Å². The predicted octanol–water partition coefficient (Wildman–Crippen LogP) is 6.41. The predicted molar refractivity (Wildman–Crippen MR) is 185 cm³/mol. The summed E-state index contributed by atoms with van der Waals surface area (Å²) in [7, 11) is 0. The van der Waals surface area contributed by atoms with Crippen LogP contribution in [0, 0.1) is 11.8 Å². The molecule has 1 aliphatic rings. The Kier molecular flexibility index (Phi) is 19.6. The zero-order valence-corrected chi connectivity index (χ0v) is 29.6. The number of aliphatic hydroxyl groups excluding tert-OH is 1. The van der Waals surface area contributed by atoms with Crippen LogP contribution < -0.4 is 10.6 Å². The molecular weight excluding hydrogens is 596 g/mol. The second kappa shape index (κ2) is 22.8. The van der Waals surface area contributed by atoms with Gasteiger partial charge in [0.15, 0.2) is 12.1 Å². The van der Waals surface area contributed by atoms with Crippen molar-refractivity contribution in [2.75, 3.05) is 6.61 Å². The van der Waals surface area contributed by atoms with Gasteiger partial charge in [-0.05, 0) is 24.8 Å². The van der Waals surface area contributed by atoms with Gasteiger partial charge in [-0.1, -0.05) is 141 Å². The van der Waals surface area contributed by atoms with Gasteiger partial charge < -0.3 is 30.0 Å². The normalized spacial score (nSPS) is 18.9. The number of nitrogens with one attached hydrogen (secondary N) is 2. The van der Waals surface area contributed by atoms with Crippen LogP contribution in [0.4, 0.5) is 0 Å². The fourth-order valence-electron chi connectivity index (χ4n) is 5.74. The first-order valence-electron chi connectivity index (χ1n) is 18.0. The van der Waals surface area contributed by atoms with Crippen molar-refractivity contribution >= 4 is 17.8 Å². The summed E-state index contributed by atoms with van der Waals surface area (Å²) in [5.41, 5.74) is 0.924. The van der Waals surface area contributed by atoms with E-state index in [0.29, 0.717) is 6.42 Å². The summed E-state index contributed by atoms with van der Waals surface area (Å²) >= 11 is 0. The third-order valence-electron chi connectivity index (χ3n) is 8.98. The Morgan fingerprint density at radius 3 is 2.06 bits per heavy atom. The standard InChI is InChI=1S/C38H62N2O7/c1-7-9-10-11-12-13-14-15-16-17-21-24-31(41)28(5)34-35(47-34)37(43)39-32(27(3)4)36(42)40-33(38(44)45-25-8-2)29(6)46-26-30-22-19-18-20-23-30/h8,18-20,22-23,27-29,31-35,41H,2,7,9-17,21,24-26H2,1,3-6H3,(H,39,43)(H,40,42)/t28-,29+,31+,32-,33-,34+,35-/m0/s1. The van der Waals surface area contributed by atoms with E-state index in [1.54, 1.807) is 6.92 Å². The number of ether oxygens (including phenoxy) is 3. The number of hydrogen-bond donors (Lipinski definition) is 3. The van der Waals surface area contributed by atoms with Gasteiger partial charge in [-0.3, -0.25) is 9.59 Å². The lowest BCUT2D eigenvalue weighted by Gasteiger charge is -2.27. The first-order chi connectivity index (χ1) is 22.6. The topological polar surface area (TPSA) is 126 Å². The molecule has 1 heterocycles. The molecule has 9 heteroatoms. The first-order valence-corrected chi connectivity index (χ1v) is 18.0. The largest absolute Gasteiger partial charge is 0.460 e. The van der Waals surface area contributed by atoms with Gasteiger partial charge in [-0.2, -0.15) is 0 Å². The maximum atomic E-state index is 13.4. The van der Waals surface area contributed by atoms with Gasteiger partial charge in [-0.25, -0.2) is 4.79 Å². The zero-order valence-electron chi connectivity index (χ0n) is 29.6. The minimum absolute atomic E-state index is 0.00927. The van der Waals surface area contributed by atoms with Gasteiger partial charge in [0.2, 0.25) is 5.91 Å². The van der Waals surface area contributed by atoms with Crippen LogP contribution in [0.15, 0.2) is 43.0 Å². The Morgan fingerprint density at radius 2 is 1.49 bits per heavy atom. The number of carbonyl (C=O) groups is 3. The minimum Gasteiger partial charge on any atom is -0.460 e. The third-order valence-corrected chi connectivity index (χ3v) is 8.98. The molecule has 0 bridgehead atoms. The fraction of sp³-hybridized carbons (Fsp3) is 0.711. The monoisotopic (exact) mass is 658 g/mol. The Bertz CT molecular complexity index is 1050. The molecule has 3 N–H and O–H groups in total. The van der Waals surface area contributed by atoms with Crippen molar-refractivity contribution in [3.05, 3.63) is 48.6 Å². The molecule has 0 unspecified atom stereocenters. The molecule has 2 amide bonds. The molecule has 7 atom stereocenters. The molecule has 1 saturated heterocycles. The lowest BCUT2D eigenvalue weighted by Crippen LogP contribution is -2.57. The average molecular weight is 659 g/mol. The Hall–Kier alpha value is -2.75. The van der Waals surface area contributed by atoms with E-state index in [4.69, 9.17) is 14.2 Å². The maximum Gasteiger partial charge on any atom is 0.331 e. The summed E-state index contributed by atoms with van der Waals surface area (Å²) in [6.07, 6.45) is 13.5. The van der Waals surface area contributed by atoms with Gasteiger partial charge in [0.05, 0.1) is 24.9 Å². The average Bonchev–Trinajstić information content (AvgIpc) is 3.87. The molecule has 1 fully saturated rings. The van der Waals surface area contributed by atoms with Crippen molar-refractivity contribution in [3.63, 3.8) is 0 Å². The van der Waals surface area contributed by atoms with E-state index in [1.165, 1.54) is 63.9 Å². The van der Waals surface area contributed by atoms with Crippen molar-refractivity contribution in [2.24, 2.45) is 11.8 Å². The Labute approximate surface area is 283 Å². The lowest BCUT2D eigenvalue weighted by molar-refractivity contribution is -0.152. The molecule has 0 aliphatic carbocycles. The molecule has 1 aliphatic heterocycles. The zero-order chi connectivity index (χ0) is 34.6. The van der Waals surface area contributed by atoms with Crippen LogP contribution in [0.3, 0.4) is 0 Å². The minimum atomic E-state index is -1.10. The highest BCUT2D eigenvalue weighted by atomic mass is 16.6. The summed E-state index contributed by atoms with van der Waals surface area (Å²) in [5, 5.41) is 16.3. The van der Waals surface area contributed by atoms with Crippen LogP contribution in [0.2, 0.25) is 0 Å². The summed E-state index contributed by atoms with van der Waals surface area (Å²) < 4.78 is 16.9. The summed E-state index contributed by atoms with van der Waals surface area (Å²) in [6, 6.07) is 7.50. The smallest absolute Gasteiger partial charge is 0.331 e. The van der Waals surface area contributed by atoms with Gasteiger partial charge in [0.1, 0.15) is 12.6 Å². The number of hydrogen-bond acceptors (Lipinski definition) is 7. The van der Waals surface area contributed by atoms with Gasteiger partial charge >= 0.3 is 5.97 Å². The Balaban J connectivity index is 1.81. The van der Waals surface area contributed by atoms with E-state index in [2.05, 4.69) is 24.1 Å². The van der Waals surface area contributed by atoms with E-state index in [9.17, 15) is 19.5 Å². The molecule has 1 aromatic rings. The lowest BCUT2D eigenvalue weighted by atomic mass is 9.93. The van der Waals surface area contributed by atoms with E-state index in [0.717, 1.165) is 18.4 Å². The molecule has 266 valence electrons. The number of amides is 2. The van der Waals surface area contributed by atoms with E-state index in [1.807, 2.05) is 51.1 Å². The molecule has 0 aromatic heterocycles. The van der Waals surface area contributed by atoms with Crippen molar-refractivity contribution < 1.29 is 33.7 Å². The quantitative estimate of drug-likeness (QED) is 0.0454. The molecule has 47 heavy (non-hydrogen) atoms. The molecule has 1 aromatic carbocycles. The second-order valence-electron chi connectivity index (χ2n) is 13.4. The van der Waals surface area contributed by atoms with Crippen molar-refractivity contribution in [1.29, 1.82) is 0 Å². The number of aliphatic hydroxyl groups is 1. The Morgan fingerprint density at radius 1 is 0.894 bits per heavy atom. The highest BCUT2D eigenvalue weighted by Gasteiger charge is 2.50. The van der Waals surface area contributed by atoms with Gasteiger partial charge in [0, 0.05) is 5.92 Å². The van der Waals surface area contributed by atoms with Crippen LogP contribution in [0.25, 0.3) is 0 Å².